The highest BCUT2D eigenvalue weighted by Crippen LogP contribution is 2.23. The Labute approximate surface area is 170 Å². The Morgan fingerprint density at radius 3 is 2.48 bits per heavy atom. The first-order valence-electron chi connectivity index (χ1n) is 8.67. The Bertz CT molecular complexity index is 1330. The van der Waals surface area contributed by atoms with E-state index in [-0.39, 0.29) is 4.90 Å². The van der Waals surface area contributed by atoms with E-state index in [9.17, 15) is 12.6 Å². The molecule has 0 saturated heterocycles. The van der Waals surface area contributed by atoms with E-state index in [1.54, 1.807) is 41.2 Å². The summed E-state index contributed by atoms with van der Waals surface area (Å²) in [6.45, 7) is 0. The Hall–Kier alpha value is -3.04. The molecule has 1 atom stereocenters. The number of anilines is 2. The van der Waals surface area contributed by atoms with E-state index in [1.807, 2.05) is 36.4 Å². The second-order valence-corrected chi connectivity index (χ2v) is 9.93. The third kappa shape index (κ3) is 4.06. The highest BCUT2D eigenvalue weighted by molar-refractivity contribution is 7.90. The van der Waals surface area contributed by atoms with Crippen molar-refractivity contribution < 1.29 is 12.6 Å². The van der Waals surface area contributed by atoms with Crippen LogP contribution in [-0.4, -0.2) is 39.7 Å². The lowest BCUT2D eigenvalue weighted by Gasteiger charge is -2.08. The summed E-state index contributed by atoms with van der Waals surface area (Å²) in [5, 5.41) is 7.86. The number of aromatic nitrogens is 3. The van der Waals surface area contributed by atoms with Gasteiger partial charge in [0, 0.05) is 39.5 Å². The molecule has 0 aliphatic rings. The van der Waals surface area contributed by atoms with Crippen LogP contribution in [0.15, 0.2) is 76.7 Å². The van der Waals surface area contributed by atoms with Crippen LogP contribution in [0.4, 0.5) is 11.5 Å². The molecule has 7 nitrogen and oxygen atoms in total. The third-order valence-electron chi connectivity index (χ3n) is 4.38. The minimum Gasteiger partial charge on any atom is -0.339 e. The molecule has 0 amide bonds. The molecular formula is C20H18N4O3S2. The second-order valence-electron chi connectivity index (χ2n) is 6.54. The van der Waals surface area contributed by atoms with Crippen LogP contribution in [0, 0.1) is 0 Å². The first-order chi connectivity index (χ1) is 13.8. The van der Waals surface area contributed by atoms with E-state index < -0.39 is 20.6 Å². The Kier molecular flexibility index (Phi) is 4.93. The number of rotatable bonds is 5. The molecular weight excluding hydrogens is 408 g/mol. The van der Waals surface area contributed by atoms with E-state index in [1.165, 1.54) is 6.26 Å². The molecule has 4 rings (SSSR count). The molecule has 0 spiro atoms. The van der Waals surface area contributed by atoms with Crippen molar-refractivity contribution in [1.29, 1.82) is 0 Å². The summed E-state index contributed by atoms with van der Waals surface area (Å²) < 4.78 is 36.7. The van der Waals surface area contributed by atoms with Crippen molar-refractivity contribution in [3.8, 4) is 11.3 Å². The monoisotopic (exact) mass is 426 g/mol. The number of sulfone groups is 1. The van der Waals surface area contributed by atoms with Crippen LogP contribution in [0.2, 0.25) is 0 Å². The molecule has 0 radical (unpaired) electrons. The molecule has 0 bridgehead atoms. The first kappa shape index (κ1) is 19.3. The van der Waals surface area contributed by atoms with Gasteiger partial charge in [-0.05, 0) is 48.5 Å². The fourth-order valence-corrected chi connectivity index (χ4v) is 4.07. The SMILES string of the molecule is CS(=O)c1cccc(-c2ccc3ncc(Nc4ccc(S(C)(=O)=O)cc4)n3n2)c1. The highest BCUT2D eigenvalue weighted by Gasteiger charge is 2.10. The largest absolute Gasteiger partial charge is 0.339 e. The van der Waals surface area contributed by atoms with Crippen molar-refractivity contribution in [2.24, 2.45) is 0 Å². The zero-order chi connectivity index (χ0) is 20.6. The molecule has 2 aromatic heterocycles. The van der Waals surface area contributed by atoms with E-state index in [0.29, 0.717) is 11.5 Å². The zero-order valence-electron chi connectivity index (χ0n) is 15.7. The van der Waals surface area contributed by atoms with Crippen LogP contribution in [0.1, 0.15) is 0 Å². The van der Waals surface area contributed by atoms with Gasteiger partial charge in [-0.2, -0.15) is 9.61 Å². The smallest absolute Gasteiger partial charge is 0.175 e. The molecule has 0 fully saturated rings. The fourth-order valence-electron chi connectivity index (χ4n) is 2.88. The van der Waals surface area contributed by atoms with Gasteiger partial charge in [-0.3, -0.25) is 4.21 Å². The van der Waals surface area contributed by atoms with Gasteiger partial charge in [-0.25, -0.2) is 13.4 Å². The lowest BCUT2D eigenvalue weighted by Crippen LogP contribution is -2.01. The molecule has 0 saturated carbocycles. The Morgan fingerprint density at radius 2 is 1.79 bits per heavy atom. The summed E-state index contributed by atoms with van der Waals surface area (Å²) >= 11 is 0. The molecule has 2 aromatic carbocycles. The molecule has 0 aliphatic carbocycles. The third-order valence-corrected chi connectivity index (χ3v) is 6.43. The van der Waals surface area contributed by atoms with Crippen molar-refractivity contribution in [1.82, 2.24) is 14.6 Å². The van der Waals surface area contributed by atoms with Crippen molar-refractivity contribution in [2.75, 3.05) is 17.8 Å². The van der Waals surface area contributed by atoms with Crippen molar-refractivity contribution in [3.63, 3.8) is 0 Å². The van der Waals surface area contributed by atoms with Gasteiger partial charge in [0.25, 0.3) is 0 Å². The van der Waals surface area contributed by atoms with Crippen LogP contribution >= 0.6 is 0 Å². The number of fused-ring (bicyclic) bond motifs is 1. The molecule has 4 aromatic rings. The number of hydrogen-bond donors (Lipinski definition) is 1. The average Bonchev–Trinajstić information content (AvgIpc) is 3.10. The van der Waals surface area contributed by atoms with Gasteiger partial charge >= 0.3 is 0 Å². The maximum Gasteiger partial charge on any atom is 0.175 e. The maximum atomic E-state index is 11.8. The Balaban J connectivity index is 1.69. The number of imidazole rings is 1. The van der Waals surface area contributed by atoms with E-state index >= 15 is 0 Å². The van der Waals surface area contributed by atoms with Gasteiger partial charge in [-0.15, -0.1) is 0 Å². The lowest BCUT2D eigenvalue weighted by molar-refractivity contribution is 0.602. The van der Waals surface area contributed by atoms with Crippen molar-refractivity contribution in [3.05, 3.63) is 66.9 Å². The maximum absolute atomic E-state index is 11.8. The molecule has 29 heavy (non-hydrogen) atoms. The normalized spacial score (nSPS) is 12.8. The molecule has 148 valence electrons. The summed E-state index contributed by atoms with van der Waals surface area (Å²) in [6.07, 6.45) is 4.48. The van der Waals surface area contributed by atoms with Crippen molar-refractivity contribution >= 4 is 37.8 Å². The summed E-state index contributed by atoms with van der Waals surface area (Å²) in [6, 6.07) is 17.7. The van der Waals surface area contributed by atoms with Crippen LogP contribution in [0.3, 0.4) is 0 Å². The van der Waals surface area contributed by atoms with Gasteiger partial charge in [0.05, 0.1) is 16.8 Å². The minimum absolute atomic E-state index is 0.259. The van der Waals surface area contributed by atoms with Crippen LogP contribution in [0.25, 0.3) is 16.9 Å². The molecule has 0 aliphatic heterocycles. The summed E-state index contributed by atoms with van der Waals surface area (Å²) in [4.78, 5) is 5.34. The quantitative estimate of drug-likeness (QED) is 0.526. The average molecular weight is 427 g/mol. The number of nitrogens with zero attached hydrogens (tertiary/aromatic N) is 3. The fraction of sp³-hybridized carbons (Fsp3) is 0.100. The minimum atomic E-state index is -3.24. The predicted molar refractivity (Wildman–Crippen MR) is 114 cm³/mol. The molecule has 1 N–H and O–H groups in total. The van der Waals surface area contributed by atoms with Crippen LogP contribution in [-0.2, 0) is 20.6 Å². The zero-order valence-corrected chi connectivity index (χ0v) is 17.4. The standard InChI is InChI=1S/C20H18N4O3S2/c1-28(25)16-5-3-4-14(12-16)18-10-11-19-21-13-20(24(19)23-18)22-15-6-8-17(9-7-15)29(2,26)27/h3-13,22H,1-2H3. The lowest BCUT2D eigenvalue weighted by atomic mass is 10.1. The Morgan fingerprint density at radius 1 is 1.03 bits per heavy atom. The van der Waals surface area contributed by atoms with Gasteiger partial charge in [0.1, 0.15) is 0 Å². The van der Waals surface area contributed by atoms with Gasteiger partial charge in [0.15, 0.2) is 21.3 Å². The number of nitrogens with one attached hydrogen (secondary N) is 1. The topological polar surface area (TPSA) is 93.4 Å². The highest BCUT2D eigenvalue weighted by atomic mass is 32.2. The predicted octanol–water partition coefficient (Wildman–Crippen LogP) is 3.28. The van der Waals surface area contributed by atoms with Gasteiger partial charge in [-0.1, -0.05) is 12.1 Å². The van der Waals surface area contributed by atoms with Gasteiger partial charge in [0.2, 0.25) is 0 Å². The molecule has 2 heterocycles. The van der Waals surface area contributed by atoms with Crippen molar-refractivity contribution in [2.45, 2.75) is 9.79 Å². The number of hydrogen-bond acceptors (Lipinski definition) is 6. The van der Waals surface area contributed by atoms with E-state index in [0.717, 1.165) is 21.8 Å². The van der Waals surface area contributed by atoms with E-state index in [2.05, 4.69) is 15.4 Å². The van der Waals surface area contributed by atoms with Crippen LogP contribution in [0.5, 0.6) is 0 Å². The van der Waals surface area contributed by atoms with Gasteiger partial charge < -0.3 is 5.32 Å². The molecule has 9 heteroatoms. The van der Waals surface area contributed by atoms with Crippen LogP contribution < -0.4 is 5.32 Å². The summed E-state index contributed by atoms with van der Waals surface area (Å²) in [5.74, 6) is 0.643. The van der Waals surface area contributed by atoms with E-state index in [4.69, 9.17) is 0 Å². The second kappa shape index (κ2) is 7.41. The summed E-state index contributed by atoms with van der Waals surface area (Å²) in [5.41, 5.74) is 2.96. The number of benzene rings is 2. The first-order valence-corrected chi connectivity index (χ1v) is 12.1. The molecule has 1 unspecified atom stereocenters. The summed E-state index contributed by atoms with van der Waals surface area (Å²) in [7, 11) is -4.32.